The summed E-state index contributed by atoms with van der Waals surface area (Å²) in [5, 5.41) is 14.8. The molecular weight excluding hydrogens is 428 g/mol. The van der Waals surface area contributed by atoms with Crippen molar-refractivity contribution in [3.63, 3.8) is 0 Å². The fourth-order valence-corrected chi connectivity index (χ4v) is 4.78. The van der Waals surface area contributed by atoms with E-state index in [4.69, 9.17) is 9.52 Å². The van der Waals surface area contributed by atoms with E-state index in [2.05, 4.69) is 15.3 Å². The van der Waals surface area contributed by atoms with E-state index in [0.29, 0.717) is 19.5 Å². The van der Waals surface area contributed by atoms with Gasteiger partial charge in [0, 0.05) is 30.1 Å². The van der Waals surface area contributed by atoms with Gasteiger partial charge < -0.3 is 19.7 Å². The van der Waals surface area contributed by atoms with Gasteiger partial charge in [0.2, 0.25) is 11.7 Å². The highest BCUT2D eigenvalue weighted by molar-refractivity contribution is 7.09. The zero-order chi connectivity index (χ0) is 22.5. The van der Waals surface area contributed by atoms with Gasteiger partial charge in [0.15, 0.2) is 6.39 Å². The van der Waals surface area contributed by atoms with Gasteiger partial charge in [0.1, 0.15) is 5.01 Å². The number of aromatic nitrogens is 2. The van der Waals surface area contributed by atoms with Gasteiger partial charge in [-0.2, -0.15) is 0 Å². The summed E-state index contributed by atoms with van der Waals surface area (Å²) in [7, 11) is 0. The van der Waals surface area contributed by atoms with Gasteiger partial charge >= 0.3 is 0 Å². The number of nitrogens with zero attached hydrogens (tertiary/aromatic N) is 3. The molecule has 0 aliphatic carbocycles. The number of rotatable bonds is 7. The Bertz CT molecular complexity index is 1050. The molecule has 8 nitrogen and oxygen atoms in total. The van der Waals surface area contributed by atoms with Gasteiger partial charge in [0.05, 0.1) is 24.4 Å². The number of piperidine rings is 1. The molecule has 2 aromatic heterocycles. The fourth-order valence-electron chi connectivity index (χ4n) is 4.03. The highest BCUT2D eigenvalue weighted by atomic mass is 32.1. The number of amides is 2. The minimum absolute atomic E-state index is 0.0716. The van der Waals surface area contributed by atoms with Crippen molar-refractivity contribution in [2.45, 2.75) is 38.8 Å². The molecule has 0 bridgehead atoms. The lowest BCUT2D eigenvalue weighted by molar-refractivity contribution is -0.128. The molecule has 3 aromatic rings. The molecule has 1 aromatic carbocycles. The van der Waals surface area contributed by atoms with Crippen molar-refractivity contribution in [1.82, 2.24) is 20.2 Å². The summed E-state index contributed by atoms with van der Waals surface area (Å²) in [5.41, 5.74) is 2.95. The molecule has 9 heteroatoms. The molecule has 2 atom stereocenters. The average molecular weight is 455 g/mol. The van der Waals surface area contributed by atoms with Crippen molar-refractivity contribution in [3.05, 3.63) is 58.6 Å². The molecule has 1 aliphatic heterocycles. The van der Waals surface area contributed by atoms with Gasteiger partial charge in [-0.25, -0.2) is 9.97 Å². The van der Waals surface area contributed by atoms with E-state index in [9.17, 15) is 9.59 Å². The Hall–Kier alpha value is -3.04. The number of hydrogen-bond acceptors (Lipinski definition) is 7. The molecule has 2 amide bonds. The van der Waals surface area contributed by atoms with E-state index in [1.165, 1.54) is 23.9 Å². The van der Waals surface area contributed by atoms with Crippen LogP contribution in [0, 0.1) is 5.92 Å². The maximum absolute atomic E-state index is 12.9. The van der Waals surface area contributed by atoms with Gasteiger partial charge in [-0.1, -0.05) is 24.3 Å². The molecule has 1 saturated heterocycles. The molecule has 3 heterocycles. The van der Waals surface area contributed by atoms with Crippen LogP contribution in [0.5, 0.6) is 0 Å². The lowest BCUT2D eigenvalue weighted by Crippen LogP contribution is -2.51. The summed E-state index contributed by atoms with van der Waals surface area (Å²) in [4.78, 5) is 35.7. The Morgan fingerprint density at radius 2 is 2.12 bits per heavy atom. The Kier molecular flexibility index (Phi) is 6.96. The SMILES string of the molecule is C[C@H]1[C@@H](C(=O)NCc2nc(-c3ccc(CCO)cc3)cs2)CCCN1C(=O)c1cnco1. The highest BCUT2D eigenvalue weighted by Crippen LogP contribution is 2.26. The van der Waals surface area contributed by atoms with E-state index < -0.39 is 0 Å². The monoisotopic (exact) mass is 454 g/mol. The third-order valence-corrected chi connectivity index (χ3v) is 6.69. The number of nitrogens with one attached hydrogen (secondary N) is 1. The Morgan fingerprint density at radius 3 is 2.84 bits per heavy atom. The first-order chi connectivity index (χ1) is 15.6. The number of hydrogen-bond donors (Lipinski definition) is 2. The molecule has 0 spiro atoms. The van der Waals surface area contributed by atoms with Crippen LogP contribution in [0.15, 0.2) is 46.7 Å². The summed E-state index contributed by atoms with van der Waals surface area (Å²) in [5.74, 6) is -0.397. The summed E-state index contributed by atoms with van der Waals surface area (Å²) in [6.07, 6.45) is 4.76. The van der Waals surface area contributed by atoms with Gasteiger partial charge in [-0.05, 0) is 31.7 Å². The normalized spacial score (nSPS) is 18.5. The molecule has 32 heavy (non-hydrogen) atoms. The average Bonchev–Trinajstić information content (AvgIpc) is 3.50. The number of carbonyl (C=O) groups is 2. The van der Waals surface area contributed by atoms with Crippen LogP contribution in [-0.4, -0.2) is 51.0 Å². The minimum atomic E-state index is -0.283. The van der Waals surface area contributed by atoms with Crippen LogP contribution in [0.4, 0.5) is 0 Å². The third-order valence-electron chi connectivity index (χ3n) is 5.84. The third kappa shape index (κ3) is 4.89. The van der Waals surface area contributed by atoms with Crippen LogP contribution in [-0.2, 0) is 17.8 Å². The molecule has 2 N–H and O–H groups in total. The number of aliphatic hydroxyl groups excluding tert-OH is 1. The minimum Gasteiger partial charge on any atom is -0.438 e. The predicted molar refractivity (Wildman–Crippen MR) is 120 cm³/mol. The van der Waals surface area contributed by atoms with Crippen molar-refractivity contribution in [2.24, 2.45) is 5.92 Å². The maximum Gasteiger partial charge on any atom is 0.291 e. The lowest BCUT2D eigenvalue weighted by atomic mass is 9.89. The molecule has 4 rings (SSSR count). The van der Waals surface area contributed by atoms with Crippen LogP contribution in [0.2, 0.25) is 0 Å². The van der Waals surface area contributed by atoms with E-state index in [1.54, 1.807) is 4.90 Å². The Morgan fingerprint density at radius 1 is 1.31 bits per heavy atom. The van der Waals surface area contributed by atoms with Crippen LogP contribution < -0.4 is 5.32 Å². The van der Waals surface area contributed by atoms with Crippen LogP contribution in [0.1, 0.15) is 40.9 Å². The molecule has 1 fully saturated rings. The van der Waals surface area contributed by atoms with Gasteiger partial charge in [0.25, 0.3) is 5.91 Å². The Balaban J connectivity index is 1.35. The molecule has 0 radical (unpaired) electrons. The second-order valence-corrected chi connectivity index (χ2v) is 8.81. The van der Waals surface area contributed by atoms with Crippen LogP contribution in [0.3, 0.4) is 0 Å². The first-order valence-electron chi connectivity index (χ1n) is 10.7. The number of likely N-dealkylation sites (tertiary alicyclic amines) is 1. The maximum atomic E-state index is 12.9. The second-order valence-electron chi connectivity index (χ2n) is 7.87. The van der Waals surface area contributed by atoms with Crippen molar-refractivity contribution < 1.29 is 19.1 Å². The number of benzene rings is 1. The molecule has 168 valence electrons. The molecule has 1 aliphatic rings. The van der Waals surface area contributed by atoms with Crippen molar-refractivity contribution >= 4 is 23.2 Å². The van der Waals surface area contributed by atoms with E-state index in [-0.39, 0.29) is 36.1 Å². The Labute approximate surface area is 190 Å². The summed E-state index contributed by atoms with van der Waals surface area (Å²) in [6, 6.07) is 7.73. The molecular formula is C23H26N4O4S. The number of carbonyl (C=O) groups excluding carboxylic acids is 2. The lowest BCUT2D eigenvalue weighted by Gasteiger charge is -2.38. The predicted octanol–water partition coefficient (Wildman–Crippen LogP) is 2.89. The van der Waals surface area contributed by atoms with E-state index >= 15 is 0 Å². The smallest absolute Gasteiger partial charge is 0.291 e. The van der Waals surface area contributed by atoms with Crippen LogP contribution >= 0.6 is 11.3 Å². The zero-order valence-corrected chi connectivity index (χ0v) is 18.7. The highest BCUT2D eigenvalue weighted by Gasteiger charge is 2.36. The first kappa shape index (κ1) is 22.2. The van der Waals surface area contributed by atoms with E-state index in [0.717, 1.165) is 34.7 Å². The standard InChI is InChI=1S/C23H26N4O4S/c1-15-18(3-2-9-27(15)23(30)20-11-24-14-31-20)22(29)25-12-21-26-19(13-32-21)17-6-4-16(5-7-17)8-10-28/h4-7,11,13-15,18,28H,2-3,8-10,12H2,1H3,(H,25,29)/t15-,18-/m0/s1. The summed E-state index contributed by atoms with van der Waals surface area (Å²) in [6.45, 7) is 2.98. The van der Waals surface area contributed by atoms with Gasteiger partial charge in [-0.3, -0.25) is 9.59 Å². The van der Waals surface area contributed by atoms with Crippen LogP contribution in [0.25, 0.3) is 11.3 Å². The number of aliphatic hydroxyl groups is 1. The van der Waals surface area contributed by atoms with Crippen molar-refractivity contribution in [3.8, 4) is 11.3 Å². The number of oxazole rings is 1. The fraction of sp³-hybridized carbons (Fsp3) is 0.391. The van der Waals surface area contributed by atoms with E-state index in [1.807, 2.05) is 36.6 Å². The zero-order valence-electron chi connectivity index (χ0n) is 17.9. The summed E-state index contributed by atoms with van der Waals surface area (Å²) < 4.78 is 5.13. The van der Waals surface area contributed by atoms with Crippen molar-refractivity contribution in [2.75, 3.05) is 13.2 Å². The number of thiazole rings is 1. The molecule has 0 unspecified atom stereocenters. The van der Waals surface area contributed by atoms with Crippen molar-refractivity contribution in [1.29, 1.82) is 0 Å². The van der Waals surface area contributed by atoms with Gasteiger partial charge in [-0.15, -0.1) is 11.3 Å². The topological polar surface area (TPSA) is 109 Å². The summed E-state index contributed by atoms with van der Waals surface area (Å²) >= 11 is 1.50. The second kappa shape index (κ2) is 10.1. The first-order valence-corrected chi connectivity index (χ1v) is 11.6. The largest absolute Gasteiger partial charge is 0.438 e. The quantitative estimate of drug-likeness (QED) is 0.568. The molecule has 0 saturated carbocycles.